The Morgan fingerprint density at radius 1 is 1.41 bits per heavy atom. The summed E-state index contributed by atoms with van der Waals surface area (Å²) in [5.74, 6) is -0.0594. The number of hydrogen-bond acceptors (Lipinski definition) is 3. The minimum Gasteiger partial charge on any atom is -0.462 e. The van der Waals surface area contributed by atoms with Crippen molar-refractivity contribution in [2.45, 2.75) is 26.7 Å². The van der Waals surface area contributed by atoms with Gasteiger partial charge in [0.25, 0.3) is 0 Å². The first-order valence-electron chi connectivity index (χ1n) is 5.53. The summed E-state index contributed by atoms with van der Waals surface area (Å²) in [6.45, 7) is 4.55. The summed E-state index contributed by atoms with van der Waals surface area (Å²) in [5.41, 5.74) is 0.332. The van der Waals surface area contributed by atoms with Gasteiger partial charge in [-0.15, -0.1) is 0 Å². The summed E-state index contributed by atoms with van der Waals surface area (Å²) in [4.78, 5) is 15.5. The average molecular weight is 276 g/mol. The highest BCUT2D eigenvalue weighted by molar-refractivity contribution is 6.32. The van der Waals surface area contributed by atoms with Crippen molar-refractivity contribution in [1.82, 2.24) is 4.98 Å². The van der Waals surface area contributed by atoms with Crippen LogP contribution in [0.15, 0.2) is 12.1 Å². The van der Waals surface area contributed by atoms with E-state index in [1.807, 2.05) is 6.92 Å². The lowest BCUT2D eigenvalue weighted by Crippen LogP contribution is -2.12. The summed E-state index contributed by atoms with van der Waals surface area (Å²) in [5, 5.41) is 0.372. The monoisotopic (exact) mass is 275 g/mol. The minimum atomic E-state index is -0.417. The third kappa shape index (κ3) is 4.92. The number of pyridine rings is 1. The second-order valence-corrected chi connectivity index (χ2v) is 4.77. The van der Waals surface area contributed by atoms with Gasteiger partial charge in [-0.25, -0.2) is 9.78 Å². The zero-order valence-corrected chi connectivity index (χ0v) is 11.4. The van der Waals surface area contributed by atoms with E-state index in [2.05, 4.69) is 11.9 Å². The van der Waals surface area contributed by atoms with Crippen molar-refractivity contribution < 1.29 is 9.53 Å². The van der Waals surface area contributed by atoms with Crippen LogP contribution < -0.4 is 0 Å². The van der Waals surface area contributed by atoms with Gasteiger partial charge in [0.05, 0.1) is 12.2 Å². The number of carbonyl (C=O) groups is 1. The molecule has 17 heavy (non-hydrogen) atoms. The lowest BCUT2D eigenvalue weighted by Gasteiger charge is -2.10. The number of esters is 1. The molecule has 1 aromatic heterocycles. The molecule has 1 rings (SSSR count). The van der Waals surface area contributed by atoms with E-state index in [1.165, 1.54) is 12.1 Å². The minimum absolute atomic E-state index is 0.186. The van der Waals surface area contributed by atoms with Crippen LogP contribution in [0, 0.1) is 5.92 Å². The summed E-state index contributed by atoms with van der Waals surface area (Å²) in [6, 6.07) is 2.89. The van der Waals surface area contributed by atoms with Crippen molar-refractivity contribution in [2.75, 3.05) is 6.61 Å². The van der Waals surface area contributed by atoms with E-state index in [-0.39, 0.29) is 10.3 Å². The highest BCUT2D eigenvalue weighted by atomic mass is 35.5. The number of hydrogen-bond donors (Lipinski definition) is 0. The largest absolute Gasteiger partial charge is 0.462 e. The second-order valence-electron chi connectivity index (χ2n) is 3.99. The van der Waals surface area contributed by atoms with Crippen LogP contribution in [-0.4, -0.2) is 17.6 Å². The fraction of sp³-hybridized carbons (Fsp3) is 0.500. The molecule has 0 fully saturated rings. The standard InChI is InChI=1S/C12H15Cl2NO2/c1-3-4-8(2)7-17-12(16)9-5-10(13)15-11(14)6-9/h5-6,8H,3-4,7H2,1-2H3. The van der Waals surface area contributed by atoms with E-state index in [9.17, 15) is 4.79 Å². The summed E-state index contributed by atoms with van der Waals surface area (Å²) in [7, 11) is 0. The number of carbonyl (C=O) groups excluding carboxylic acids is 1. The van der Waals surface area contributed by atoms with Gasteiger partial charge in [0, 0.05) is 0 Å². The van der Waals surface area contributed by atoms with Gasteiger partial charge >= 0.3 is 5.97 Å². The third-order valence-corrected chi connectivity index (χ3v) is 2.67. The Morgan fingerprint density at radius 2 is 2.00 bits per heavy atom. The second kappa shape index (κ2) is 6.82. The quantitative estimate of drug-likeness (QED) is 0.603. The van der Waals surface area contributed by atoms with Crippen molar-refractivity contribution in [3.8, 4) is 0 Å². The van der Waals surface area contributed by atoms with Crippen molar-refractivity contribution in [3.05, 3.63) is 28.0 Å². The fourth-order valence-corrected chi connectivity index (χ4v) is 1.92. The van der Waals surface area contributed by atoms with Crippen LogP contribution in [0.2, 0.25) is 10.3 Å². The summed E-state index contributed by atoms with van der Waals surface area (Å²) in [6.07, 6.45) is 2.11. The maximum atomic E-state index is 11.7. The fourth-order valence-electron chi connectivity index (χ4n) is 1.46. The number of rotatable bonds is 5. The molecule has 0 aliphatic carbocycles. The van der Waals surface area contributed by atoms with Gasteiger partial charge in [-0.2, -0.15) is 0 Å². The highest BCUT2D eigenvalue weighted by Gasteiger charge is 2.11. The normalized spacial score (nSPS) is 12.2. The Kier molecular flexibility index (Phi) is 5.72. The molecule has 0 radical (unpaired) electrons. The molecule has 0 aliphatic rings. The van der Waals surface area contributed by atoms with Gasteiger partial charge in [0.2, 0.25) is 0 Å². The topological polar surface area (TPSA) is 39.2 Å². The van der Waals surface area contributed by atoms with Gasteiger partial charge in [0.15, 0.2) is 0 Å². The first-order chi connectivity index (χ1) is 8.02. The molecule has 0 bridgehead atoms. The van der Waals surface area contributed by atoms with E-state index >= 15 is 0 Å². The van der Waals surface area contributed by atoms with Gasteiger partial charge < -0.3 is 4.74 Å². The van der Waals surface area contributed by atoms with Gasteiger partial charge in [0.1, 0.15) is 10.3 Å². The molecule has 0 aliphatic heterocycles. The number of halogens is 2. The number of aromatic nitrogens is 1. The van der Waals surface area contributed by atoms with Gasteiger partial charge in [-0.3, -0.25) is 0 Å². The predicted octanol–water partition coefficient (Wildman–Crippen LogP) is 3.98. The maximum absolute atomic E-state index is 11.7. The number of nitrogens with zero attached hydrogens (tertiary/aromatic N) is 1. The van der Waals surface area contributed by atoms with Crippen LogP contribution in [0.4, 0.5) is 0 Å². The Hall–Kier alpha value is -0.800. The molecule has 0 saturated carbocycles. The highest BCUT2D eigenvalue weighted by Crippen LogP contribution is 2.16. The first kappa shape index (κ1) is 14.3. The smallest absolute Gasteiger partial charge is 0.338 e. The lowest BCUT2D eigenvalue weighted by atomic mass is 10.1. The summed E-state index contributed by atoms with van der Waals surface area (Å²) >= 11 is 11.4. The molecule has 1 unspecified atom stereocenters. The SMILES string of the molecule is CCCC(C)COC(=O)c1cc(Cl)nc(Cl)c1. The predicted molar refractivity (Wildman–Crippen MR) is 68.6 cm³/mol. The van der Waals surface area contributed by atoms with Crippen molar-refractivity contribution in [2.24, 2.45) is 5.92 Å². The van der Waals surface area contributed by atoms with E-state index in [1.54, 1.807) is 0 Å². The Morgan fingerprint density at radius 3 is 2.53 bits per heavy atom. The Labute approximate surface area is 111 Å². The van der Waals surface area contributed by atoms with Crippen LogP contribution in [0.1, 0.15) is 37.0 Å². The molecule has 0 spiro atoms. The Bertz CT molecular complexity index is 376. The van der Waals surface area contributed by atoms with Crippen molar-refractivity contribution >= 4 is 29.2 Å². The van der Waals surface area contributed by atoms with Crippen LogP contribution in [0.25, 0.3) is 0 Å². The van der Waals surface area contributed by atoms with Gasteiger partial charge in [-0.05, 0) is 24.5 Å². The molecule has 5 heteroatoms. The molecule has 0 saturated heterocycles. The molecule has 94 valence electrons. The summed E-state index contributed by atoms with van der Waals surface area (Å²) < 4.78 is 5.17. The van der Waals surface area contributed by atoms with E-state index in [4.69, 9.17) is 27.9 Å². The van der Waals surface area contributed by atoms with Crippen LogP contribution in [-0.2, 0) is 4.74 Å². The molecular weight excluding hydrogens is 261 g/mol. The molecule has 0 amide bonds. The zero-order valence-electron chi connectivity index (χ0n) is 9.87. The molecule has 0 N–H and O–H groups in total. The average Bonchev–Trinajstić information content (AvgIpc) is 2.25. The van der Waals surface area contributed by atoms with Crippen LogP contribution in [0.3, 0.4) is 0 Å². The van der Waals surface area contributed by atoms with Crippen LogP contribution in [0.5, 0.6) is 0 Å². The van der Waals surface area contributed by atoms with E-state index in [0.29, 0.717) is 18.1 Å². The van der Waals surface area contributed by atoms with Crippen LogP contribution >= 0.6 is 23.2 Å². The third-order valence-electron chi connectivity index (χ3n) is 2.28. The molecular formula is C12H15Cl2NO2. The van der Waals surface area contributed by atoms with Gasteiger partial charge in [-0.1, -0.05) is 43.5 Å². The van der Waals surface area contributed by atoms with Crippen molar-refractivity contribution in [1.29, 1.82) is 0 Å². The Balaban J connectivity index is 2.58. The zero-order chi connectivity index (χ0) is 12.8. The maximum Gasteiger partial charge on any atom is 0.338 e. The molecule has 1 atom stereocenters. The van der Waals surface area contributed by atoms with Crippen molar-refractivity contribution in [3.63, 3.8) is 0 Å². The lowest BCUT2D eigenvalue weighted by molar-refractivity contribution is 0.0443. The van der Waals surface area contributed by atoms with E-state index < -0.39 is 5.97 Å². The molecule has 3 nitrogen and oxygen atoms in total. The molecule has 0 aromatic carbocycles. The van der Waals surface area contributed by atoms with E-state index in [0.717, 1.165) is 12.8 Å². The molecule has 1 heterocycles. The molecule has 1 aromatic rings. The number of ether oxygens (including phenoxy) is 1. The first-order valence-corrected chi connectivity index (χ1v) is 6.28.